The average molecular weight is 347 g/mol. The van der Waals surface area contributed by atoms with E-state index < -0.39 is 0 Å². The largest absolute Gasteiger partial charge is 0.315 e. The van der Waals surface area contributed by atoms with Gasteiger partial charge in [-0.3, -0.25) is 9.69 Å². The molecule has 24 heavy (non-hydrogen) atoms. The van der Waals surface area contributed by atoms with Crippen molar-refractivity contribution in [3.63, 3.8) is 0 Å². The molecule has 1 amide bonds. The number of carbonyl (C=O) groups excluding carboxylic acids is 1. The van der Waals surface area contributed by atoms with Crippen molar-refractivity contribution in [2.75, 3.05) is 44.6 Å². The number of likely N-dealkylation sites (N-methyl/N-ethyl adjacent to an activating group) is 1. The van der Waals surface area contributed by atoms with E-state index in [9.17, 15) is 10.1 Å². The normalized spacial score (nSPS) is 19.3. The van der Waals surface area contributed by atoms with E-state index in [1.807, 2.05) is 0 Å². The Morgan fingerprint density at radius 3 is 2.58 bits per heavy atom. The molecule has 0 atom stereocenters. The van der Waals surface area contributed by atoms with Gasteiger partial charge in [0.25, 0.3) is 0 Å². The van der Waals surface area contributed by atoms with Crippen molar-refractivity contribution in [3.05, 3.63) is 16.0 Å². The molecule has 0 bridgehead atoms. The molecule has 1 N–H and O–H groups in total. The van der Waals surface area contributed by atoms with Gasteiger partial charge in [-0.1, -0.05) is 13.3 Å². The summed E-state index contributed by atoms with van der Waals surface area (Å²) in [6.07, 6.45) is 5.59. The van der Waals surface area contributed by atoms with Crippen molar-refractivity contribution < 1.29 is 4.79 Å². The number of nitrogens with one attached hydrogen (secondary N) is 1. The molecule has 2 aliphatic rings. The molecule has 2 heterocycles. The standard InChI is InChI=1S/C18H26N4OS/c1-2-21-8-10-22(11-9-21)13-17(23)20-18-15(12-19)14-6-4-3-5-7-16(14)24-18/h2-11,13H2,1H3,(H,20,23). The molecule has 1 fully saturated rings. The van der Waals surface area contributed by atoms with Gasteiger partial charge in [0.2, 0.25) is 5.91 Å². The Morgan fingerprint density at radius 1 is 1.17 bits per heavy atom. The summed E-state index contributed by atoms with van der Waals surface area (Å²) < 4.78 is 0. The summed E-state index contributed by atoms with van der Waals surface area (Å²) in [6, 6.07) is 2.33. The van der Waals surface area contributed by atoms with Crippen LogP contribution in [0.25, 0.3) is 0 Å². The van der Waals surface area contributed by atoms with E-state index in [2.05, 4.69) is 28.1 Å². The summed E-state index contributed by atoms with van der Waals surface area (Å²) >= 11 is 1.61. The highest BCUT2D eigenvalue weighted by Gasteiger charge is 2.22. The summed E-state index contributed by atoms with van der Waals surface area (Å²) in [5.41, 5.74) is 1.90. The number of fused-ring (bicyclic) bond motifs is 1. The van der Waals surface area contributed by atoms with Crippen molar-refractivity contribution in [3.8, 4) is 6.07 Å². The Labute approximate surface area is 148 Å². The number of anilines is 1. The number of rotatable bonds is 4. The number of hydrogen-bond donors (Lipinski definition) is 1. The van der Waals surface area contributed by atoms with Gasteiger partial charge in [0, 0.05) is 31.1 Å². The third-order valence-corrected chi connectivity index (χ3v) is 6.27. The molecule has 3 rings (SSSR count). The molecule has 0 spiro atoms. The van der Waals surface area contributed by atoms with Crippen LogP contribution in [0, 0.1) is 11.3 Å². The summed E-state index contributed by atoms with van der Waals surface area (Å²) in [4.78, 5) is 18.3. The SMILES string of the molecule is CCN1CCN(CC(=O)Nc2sc3c(c2C#N)CCCCC3)CC1. The van der Waals surface area contributed by atoms with Gasteiger partial charge in [-0.05, 0) is 37.8 Å². The minimum absolute atomic E-state index is 0.00728. The lowest BCUT2D eigenvalue weighted by Crippen LogP contribution is -2.48. The second-order valence-corrected chi connectivity index (χ2v) is 7.74. The van der Waals surface area contributed by atoms with Gasteiger partial charge in [0.1, 0.15) is 11.1 Å². The number of carbonyl (C=O) groups is 1. The maximum Gasteiger partial charge on any atom is 0.239 e. The van der Waals surface area contributed by atoms with Crippen molar-refractivity contribution in [1.82, 2.24) is 9.80 Å². The Morgan fingerprint density at radius 2 is 1.88 bits per heavy atom. The fraction of sp³-hybridized carbons (Fsp3) is 0.667. The van der Waals surface area contributed by atoms with Crippen LogP contribution in [0.5, 0.6) is 0 Å². The Balaban J connectivity index is 1.62. The fourth-order valence-electron chi connectivity index (χ4n) is 3.58. The first kappa shape index (κ1) is 17.4. The maximum absolute atomic E-state index is 12.4. The van der Waals surface area contributed by atoms with Crippen LogP contribution < -0.4 is 5.32 Å². The van der Waals surface area contributed by atoms with E-state index in [0.717, 1.165) is 57.0 Å². The summed E-state index contributed by atoms with van der Waals surface area (Å²) in [5.74, 6) is 0.00728. The molecular formula is C18H26N4OS. The van der Waals surface area contributed by atoms with Crippen LogP contribution in [0.4, 0.5) is 5.00 Å². The zero-order valence-corrected chi connectivity index (χ0v) is 15.3. The zero-order chi connectivity index (χ0) is 16.9. The van der Waals surface area contributed by atoms with E-state index in [4.69, 9.17) is 0 Å². The van der Waals surface area contributed by atoms with Gasteiger partial charge in [0.15, 0.2) is 0 Å². The predicted octanol–water partition coefficient (Wildman–Crippen LogP) is 2.46. The zero-order valence-electron chi connectivity index (χ0n) is 14.4. The molecule has 0 saturated carbocycles. The van der Waals surface area contributed by atoms with E-state index in [0.29, 0.717) is 12.1 Å². The number of hydrogen-bond acceptors (Lipinski definition) is 5. The lowest BCUT2D eigenvalue weighted by Gasteiger charge is -2.33. The van der Waals surface area contributed by atoms with E-state index >= 15 is 0 Å². The maximum atomic E-state index is 12.4. The molecular weight excluding hydrogens is 320 g/mol. The monoisotopic (exact) mass is 346 g/mol. The Bertz CT molecular complexity index is 626. The van der Waals surface area contributed by atoms with E-state index in [1.165, 1.54) is 23.3 Å². The Kier molecular flexibility index (Phi) is 5.88. The summed E-state index contributed by atoms with van der Waals surface area (Å²) in [5, 5.41) is 13.3. The molecule has 0 aromatic carbocycles. The molecule has 6 heteroatoms. The third kappa shape index (κ3) is 3.97. The molecule has 1 aliphatic carbocycles. The van der Waals surface area contributed by atoms with Crippen LogP contribution >= 0.6 is 11.3 Å². The minimum Gasteiger partial charge on any atom is -0.315 e. The molecule has 130 valence electrons. The first-order valence-electron chi connectivity index (χ1n) is 9.00. The van der Waals surface area contributed by atoms with Crippen LogP contribution in [0.1, 0.15) is 42.2 Å². The van der Waals surface area contributed by atoms with Crippen LogP contribution in [0.15, 0.2) is 0 Å². The van der Waals surface area contributed by atoms with Crippen LogP contribution in [0.3, 0.4) is 0 Å². The molecule has 1 aromatic rings. The molecule has 1 aromatic heterocycles. The lowest BCUT2D eigenvalue weighted by atomic mass is 10.1. The van der Waals surface area contributed by atoms with Crippen molar-refractivity contribution >= 4 is 22.2 Å². The number of nitriles is 1. The molecule has 1 saturated heterocycles. The molecule has 0 radical (unpaired) electrons. The number of nitrogens with zero attached hydrogens (tertiary/aromatic N) is 3. The topological polar surface area (TPSA) is 59.4 Å². The van der Waals surface area contributed by atoms with Gasteiger partial charge in [-0.25, -0.2) is 0 Å². The number of amides is 1. The van der Waals surface area contributed by atoms with Crippen molar-refractivity contribution in [1.29, 1.82) is 5.26 Å². The molecule has 5 nitrogen and oxygen atoms in total. The minimum atomic E-state index is 0.00728. The van der Waals surface area contributed by atoms with Gasteiger partial charge in [-0.15, -0.1) is 11.3 Å². The number of aryl methyl sites for hydroxylation is 1. The van der Waals surface area contributed by atoms with Gasteiger partial charge in [0.05, 0.1) is 12.1 Å². The van der Waals surface area contributed by atoms with E-state index in [1.54, 1.807) is 11.3 Å². The molecule has 0 unspecified atom stereocenters. The number of thiophene rings is 1. The lowest BCUT2D eigenvalue weighted by molar-refractivity contribution is -0.117. The third-order valence-electron chi connectivity index (χ3n) is 5.07. The highest BCUT2D eigenvalue weighted by molar-refractivity contribution is 7.16. The summed E-state index contributed by atoms with van der Waals surface area (Å²) in [6.45, 7) is 7.60. The second kappa shape index (κ2) is 8.11. The predicted molar refractivity (Wildman–Crippen MR) is 97.5 cm³/mol. The fourth-order valence-corrected chi connectivity index (χ4v) is 4.84. The molecule has 1 aliphatic heterocycles. The Hall–Kier alpha value is -1.42. The van der Waals surface area contributed by atoms with Gasteiger partial charge >= 0.3 is 0 Å². The highest BCUT2D eigenvalue weighted by Crippen LogP contribution is 2.36. The quantitative estimate of drug-likeness (QED) is 0.851. The van der Waals surface area contributed by atoms with Crippen molar-refractivity contribution in [2.24, 2.45) is 0 Å². The smallest absolute Gasteiger partial charge is 0.239 e. The van der Waals surface area contributed by atoms with Crippen molar-refractivity contribution in [2.45, 2.75) is 39.0 Å². The van der Waals surface area contributed by atoms with Gasteiger partial charge < -0.3 is 10.2 Å². The summed E-state index contributed by atoms with van der Waals surface area (Å²) in [7, 11) is 0. The number of piperazine rings is 1. The first-order valence-corrected chi connectivity index (χ1v) is 9.82. The highest BCUT2D eigenvalue weighted by atomic mass is 32.1. The average Bonchev–Trinajstić information content (AvgIpc) is 2.75. The van der Waals surface area contributed by atoms with Crippen LogP contribution in [-0.4, -0.2) is 55.0 Å². The first-order chi connectivity index (χ1) is 11.7. The van der Waals surface area contributed by atoms with E-state index in [-0.39, 0.29) is 5.91 Å². The van der Waals surface area contributed by atoms with Crippen LogP contribution in [-0.2, 0) is 17.6 Å². The van der Waals surface area contributed by atoms with Crippen LogP contribution in [0.2, 0.25) is 0 Å². The van der Waals surface area contributed by atoms with Gasteiger partial charge in [-0.2, -0.15) is 5.26 Å². The second-order valence-electron chi connectivity index (χ2n) is 6.64.